The number of furan rings is 1. The van der Waals surface area contributed by atoms with Gasteiger partial charge in [-0.15, -0.1) is 0 Å². The molecule has 1 atom stereocenters. The van der Waals surface area contributed by atoms with Crippen molar-refractivity contribution in [3.8, 4) is 5.75 Å². The molecule has 1 aliphatic heterocycles. The van der Waals surface area contributed by atoms with E-state index in [1.807, 2.05) is 12.1 Å². The molecule has 3 heterocycles. The predicted octanol–water partition coefficient (Wildman–Crippen LogP) is 3.91. The topological polar surface area (TPSA) is 80.7 Å². The summed E-state index contributed by atoms with van der Waals surface area (Å²) < 4.78 is 16.7. The van der Waals surface area contributed by atoms with Crippen LogP contribution in [0.3, 0.4) is 0 Å². The number of nitrogens with zero attached hydrogens (tertiary/aromatic N) is 2. The lowest BCUT2D eigenvalue weighted by Gasteiger charge is -2.31. The lowest BCUT2D eigenvalue weighted by atomic mass is 10.1. The maximum Gasteiger partial charge on any atom is 0.287 e. The Bertz CT molecular complexity index is 956. The van der Waals surface area contributed by atoms with Gasteiger partial charge in [-0.3, -0.25) is 9.69 Å². The summed E-state index contributed by atoms with van der Waals surface area (Å²) in [6.07, 6.45) is 3.72. The van der Waals surface area contributed by atoms with Crippen molar-refractivity contribution in [2.75, 3.05) is 20.2 Å². The van der Waals surface area contributed by atoms with Crippen LogP contribution in [0.5, 0.6) is 5.75 Å². The van der Waals surface area contributed by atoms with Gasteiger partial charge in [-0.25, -0.2) is 4.98 Å². The molecule has 0 radical (unpaired) electrons. The lowest BCUT2D eigenvalue weighted by Crippen LogP contribution is -2.32. The van der Waals surface area contributed by atoms with E-state index in [1.165, 1.54) is 19.3 Å². The maximum absolute atomic E-state index is 12.4. The summed E-state index contributed by atoms with van der Waals surface area (Å²) in [6.45, 7) is 4.46. The minimum Gasteiger partial charge on any atom is -0.497 e. The number of nitrogens with one attached hydrogen (secondary N) is 1. The predicted molar refractivity (Wildman–Crippen MR) is 104 cm³/mol. The van der Waals surface area contributed by atoms with Crippen LogP contribution >= 0.6 is 0 Å². The molecule has 28 heavy (non-hydrogen) atoms. The molecule has 1 N–H and O–H groups in total. The Balaban J connectivity index is 1.38. The first-order valence-electron chi connectivity index (χ1n) is 9.69. The van der Waals surface area contributed by atoms with Crippen LogP contribution in [-0.2, 0) is 6.54 Å². The summed E-state index contributed by atoms with van der Waals surface area (Å²) >= 11 is 0. The van der Waals surface area contributed by atoms with E-state index in [-0.39, 0.29) is 18.5 Å². The number of methoxy groups -OCH3 is 1. The molecule has 1 aliphatic rings. The highest BCUT2D eigenvalue weighted by molar-refractivity contribution is 5.91. The molecule has 0 aliphatic carbocycles. The molecule has 0 spiro atoms. The van der Waals surface area contributed by atoms with E-state index in [1.54, 1.807) is 25.3 Å². The van der Waals surface area contributed by atoms with Crippen molar-refractivity contribution >= 4 is 17.0 Å². The fourth-order valence-corrected chi connectivity index (χ4v) is 3.59. The maximum atomic E-state index is 12.4. The smallest absolute Gasteiger partial charge is 0.287 e. The molecule has 1 amide bonds. The Labute approximate surface area is 163 Å². The van der Waals surface area contributed by atoms with Crippen molar-refractivity contribution < 1.29 is 18.4 Å². The molecule has 1 aromatic carbocycles. The third-order valence-corrected chi connectivity index (χ3v) is 5.24. The third kappa shape index (κ3) is 3.89. The molecular formula is C21H25N3O4. The van der Waals surface area contributed by atoms with Gasteiger partial charge in [0.25, 0.3) is 5.91 Å². The number of carbonyl (C=O) groups excluding carboxylic acids is 1. The van der Waals surface area contributed by atoms with E-state index in [0.29, 0.717) is 28.5 Å². The van der Waals surface area contributed by atoms with Crippen molar-refractivity contribution in [2.45, 2.75) is 38.8 Å². The van der Waals surface area contributed by atoms with E-state index in [4.69, 9.17) is 13.6 Å². The first-order chi connectivity index (χ1) is 13.6. The number of ether oxygens (including phenoxy) is 1. The molecular weight excluding hydrogens is 358 g/mol. The second-order valence-electron chi connectivity index (χ2n) is 7.10. The van der Waals surface area contributed by atoms with Crippen molar-refractivity contribution in [2.24, 2.45) is 0 Å². The molecule has 7 heteroatoms. The van der Waals surface area contributed by atoms with E-state index in [9.17, 15) is 4.79 Å². The Morgan fingerprint density at radius 1 is 1.21 bits per heavy atom. The van der Waals surface area contributed by atoms with Crippen molar-refractivity contribution in [1.82, 2.24) is 15.2 Å². The number of rotatable bonds is 6. The number of likely N-dealkylation sites (tertiary alicyclic amines) is 1. The number of carbonyl (C=O) groups is 1. The zero-order valence-corrected chi connectivity index (χ0v) is 16.2. The molecule has 0 bridgehead atoms. The van der Waals surface area contributed by atoms with Gasteiger partial charge in [0, 0.05) is 6.07 Å². The van der Waals surface area contributed by atoms with Crippen LogP contribution in [0, 0.1) is 0 Å². The largest absolute Gasteiger partial charge is 0.497 e. The van der Waals surface area contributed by atoms with Gasteiger partial charge in [-0.2, -0.15) is 0 Å². The molecule has 4 rings (SSSR count). The van der Waals surface area contributed by atoms with Crippen LogP contribution in [-0.4, -0.2) is 36.0 Å². The summed E-state index contributed by atoms with van der Waals surface area (Å²) in [4.78, 5) is 19.2. The number of amides is 1. The quantitative estimate of drug-likeness (QED) is 0.695. The molecule has 1 fully saturated rings. The summed E-state index contributed by atoms with van der Waals surface area (Å²) in [7, 11) is 1.60. The van der Waals surface area contributed by atoms with Gasteiger partial charge in [0.1, 0.15) is 17.0 Å². The van der Waals surface area contributed by atoms with Gasteiger partial charge in [-0.1, -0.05) is 6.42 Å². The second-order valence-corrected chi connectivity index (χ2v) is 7.10. The van der Waals surface area contributed by atoms with Gasteiger partial charge in [0.15, 0.2) is 11.3 Å². The fourth-order valence-electron chi connectivity index (χ4n) is 3.59. The van der Waals surface area contributed by atoms with Gasteiger partial charge >= 0.3 is 0 Å². The van der Waals surface area contributed by atoms with E-state index < -0.39 is 0 Å². The van der Waals surface area contributed by atoms with Crippen LogP contribution < -0.4 is 10.1 Å². The number of hydrogen-bond acceptors (Lipinski definition) is 6. The zero-order chi connectivity index (χ0) is 19.5. The standard InChI is InChI=1S/C21H25N3O4/c1-14(24-10-4-3-5-11-24)17-8-9-19(27-17)21(25)22-13-20-23-16-12-15(26-2)6-7-18(16)28-20/h6-9,12,14H,3-5,10-11,13H2,1-2H3,(H,22,25)/t14-/m1/s1. The van der Waals surface area contributed by atoms with E-state index >= 15 is 0 Å². The Morgan fingerprint density at radius 2 is 2.04 bits per heavy atom. The third-order valence-electron chi connectivity index (χ3n) is 5.24. The van der Waals surface area contributed by atoms with E-state index in [2.05, 4.69) is 22.1 Å². The number of aromatic nitrogens is 1. The fraction of sp³-hybridized carbons (Fsp3) is 0.429. The SMILES string of the molecule is COc1ccc2oc(CNC(=O)c3ccc([C@@H](C)N4CCCCC4)o3)nc2c1. The lowest BCUT2D eigenvalue weighted by molar-refractivity contribution is 0.0910. The van der Waals surface area contributed by atoms with Crippen LogP contribution in [0.1, 0.15) is 54.4 Å². The summed E-state index contributed by atoms with van der Waals surface area (Å²) in [6, 6.07) is 9.19. The van der Waals surface area contributed by atoms with Crippen LogP contribution in [0.25, 0.3) is 11.1 Å². The van der Waals surface area contributed by atoms with Crippen LogP contribution in [0.4, 0.5) is 0 Å². The second kappa shape index (κ2) is 8.06. The monoisotopic (exact) mass is 383 g/mol. The van der Waals surface area contributed by atoms with Gasteiger partial charge in [0.05, 0.1) is 19.7 Å². The molecule has 1 saturated heterocycles. The number of fused-ring (bicyclic) bond motifs is 1. The average Bonchev–Trinajstić information content (AvgIpc) is 3.38. The molecule has 148 valence electrons. The number of benzene rings is 1. The number of hydrogen-bond donors (Lipinski definition) is 1. The number of piperidine rings is 1. The highest BCUT2D eigenvalue weighted by Gasteiger charge is 2.22. The Hall–Kier alpha value is -2.80. The normalized spacial score (nSPS) is 16.2. The van der Waals surface area contributed by atoms with Gasteiger partial charge < -0.3 is 18.9 Å². The molecule has 0 unspecified atom stereocenters. The number of oxazole rings is 1. The highest BCUT2D eigenvalue weighted by Crippen LogP contribution is 2.26. The van der Waals surface area contributed by atoms with Gasteiger partial charge in [-0.05, 0) is 57.1 Å². The summed E-state index contributed by atoms with van der Waals surface area (Å²) in [5.74, 6) is 1.99. The van der Waals surface area contributed by atoms with Gasteiger partial charge in [0.2, 0.25) is 5.89 Å². The van der Waals surface area contributed by atoms with Crippen LogP contribution in [0.15, 0.2) is 39.2 Å². The summed E-state index contributed by atoms with van der Waals surface area (Å²) in [5.41, 5.74) is 1.35. The molecule has 2 aromatic heterocycles. The molecule has 3 aromatic rings. The summed E-state index contributed by atoms with van der Waals surface area (Å²) in [5, 5.41) is 2.80. The first-order valence-corrected chi connectivity index (χ1v) is 9.69. The molecule has 0 saturated carbocycles. The average molecular weight is 383 g/mol. The van der Waals surface area contributed by atoms with Crippen molar-refractivity contribution in [3.63, 3.8) is 0 Å². The minimum atomic E-state index is -0.281. The first kappa shape index (κ1) is 18.6. The highest BCUT2D eigenvalue weighted by atomic mass is 16.5. The van der Waals surface area contributed by atoms with Crippen molar-refractivity contribution in [1.29, 1.82) is 0 Å². The Morgan fingerprint density at radius 3 is 2.82 bits per heavy atom. The van der Waals surface area contributed by atoms with Crippen LogP contribution in [0.2, 0.25) is 0 Å². The Kier molecular flexibility index (Phi) is 5.34. The van der Waals surface area contributed by atoms with Crippen molar-refractivity contribution in [3.05, 3.63) is 47.7 Å². The minimum absolute atomic E-state index is 0.175. The molecule has 7 nitrogen and oxygen atoms in total. The van der Waals surface area contributed by atoms with E-state index in [0.717, 1.165) is 18.8 Å². The zero-order valence-electron chi connectivity index (χ0n) is 16.2.